The van der Waals surface area contributed by atoms with Crippen LogP contribution in [0.1, 0.15) is 33.1 Å². The van der Waals surface area contributed by atoms with Crippen LogP contribution in [0.25, 0.3) is 0 Å². The molecule has 1 atom stereocenters. The summed E-state index contributed by atoms with van der Waals surface area (Å²) in [6.45, 7) is 5.45. The molecule has 0 aliphatic heterocycles. The number of hydrogen-bond donors (Lipinski definition) is 1. The van der Waals surface area contributed by atoms with Crippen molar-refractivity contribution in [1.29, 1.82) is 0 Å². The zero-order valence-corrected chi connectivity index (χ0v) is 6.98. The van der Waals surface area contributed by atoms with Crippen molar-refractivity contribution in [3.63, 3.8) is 0 Å². The van der Waals surface area contributed by atoms with Gasteiger partial charge in [-0.25, -0.2) is 0 Å². The normalized spacial score (nSPS) is 12.4. The Hall–Kier alpha value is -0.355. The van der Waals surface area contributed by atoms with Gasteiger partial charge in [-0.15, -0.1) is 0 Å². The molecule has 0 aromatic heterocycles. The van der Waals surface area contributed by atoms with Crippen LogP contribution in [0, 0.1) is 11.8 Å². The van der Waals surface area contributed by atoms with Gasteiger partial charge in [-0.2, -0.15) is 0 Å². The first-order chi connectivity index (χ1) is 4.81. The molecule has 2 heteroatoms. The van der Waals surface area contributed by atoms with Gasteiger partial charge in [-0.05, 0) is 0 Å². The fraction of sp³-hybridized carbons (Fsp3) is 0.875. The summed E-state index contributed by atoms with van der Waals surface area (Å²) in [5, 5.41) is 2.86. The van der Waals surface area contributed by atoms with Gasteiger partial charge in [0.25, 0.3) is 0 Å². The van der Waals surface area contributed by atoms with Crippen molar-refractivity contribution >= 4 is 7.33 Å². The van der Waals surface area contributed by atoms with Gasteiger partial charge in [0.15, 0.2) is 0 Å². The van der Waals surface area contributed by atoms with E-state index in [2.05, 4.69) is 25.1 Å². The monoisotopic (exact) mass is 137 g/mol. The zero-order chi connectivity index (χ0) is 7.82. The van der Waals surface area contributed by atoms with Crippen molar-refractivity contribution in [2.24, 2.45) is 5.92 Å². The van der Waals surface area contributed by atoms with Gasteiger partial charge in [-0.3, -0.25) is 0 Å². The van der Waals surface area contributed by atoms with E-state index in [9.17, 15) is 0 Å². The average molecular weight is 137 g/mol. The summed E-state index contributed by atoms with van der Waals surface area (Å²) in [5.41, 5.74) is 0. The van der Waals surface area contributed by atoms with Gasteiger partial charge < -0.3 is 0 Å². The van der Waals surface area contributed by atoms with Crippen molar-refractivity contribution in [2.75, 3.05) is 6.54 Å². The first kappa shape index (κ1) is 9.64. The SMILES string of the molecule is B#CNCCCC(C)CC. The molecular weight excluding hydrogens is 121 g/mol. The van der Waals surface area contributed by atoms with Crippen molar-refractivity contribution in [1.82, 2.24) is 5.32 Å². The molecule has 0 aromatic rings. The molecule has 0 heterocycles. The molecule has 0 aliphatic rings. The summed E-state index contributed by atoms with van der Waals surface area (Å²) in [6.07, 6.45) is 3.75. The maximum atomic E-state index is 5.02. The predicted molar refractivity (Wildman–Crippen MR) is 46.3 cm³/mol. The Morgan fingerprint density at radius 3 is 2.80 bits per heavy atom. The molecule has 1 N–H and O–H groups in total. The van der Waals surface area contributed by atoms with E-state index in [1.807, 2.05) is 0 Å². The molecule has 0 bridgehead atoms. The van der Waals surface area contributed by atoms with Crippen LogP contribution in [0.4, 0.5) is 0 Å². The molecule has 0 amide bonds. The topological polar surface area (TPSA) is 12.0 Å². The van der Waals surface area contributed by atoms with Crippen LogP contribution >= 0.6 is 0 Å². The van der Waals surface area contributed by atoms with Crippen LogP contribution in [0.3, 0.4) is 0 Å². The Balaban J connectivity index is 2.98. The van der Waals surface area contributed by atoms with Crippen molar-refractivity contribution in [3.05, 3.63) is 0 Å². The van der Waals surface area contributed by atoms with Gasteiger partial charge in [0.2, 0.25) is 0 Å². The van der Waals surface area contributed by atoms with E-state index in [0.29, 0.717) is 0 Å². The quantitative estimate of drug-likeness (QED) is 0.344. The minimum atomic E-state index is 0.847. The van der Waals surface area contributed by atoms with Crippen molar-refractivity contribution in [3.8, 4) is 5.93 Å². The van der Waals surface area contributed by atoms with Gasteiger partial charge in [0.05, 0.1) is 0 Å². The van der Waals surface area contributed by atoms with E-state index in [4.69, 9.17) is 7.33 Å². The molecule has 10 heavy (non-hydrogen) atoms. The Bertz CT molecular complexity index is 106. The summed E-state index contributed by atoms with van der Waals surface area (Å²) < 4.78 is 0. The molecular formula is C8H16BN. The third-order valence-electron chi connectivity index (χ3n) is 1.80. The maximum absolute atomic E-state index is 5.02. The van der Waals surface area contributed by atoms with Crippen molar-refractivity contribution < 1.29 is 0 Å². The van der Waals surface area contributed by atoms with Crippen LogP contribution in [-0.2, 0) is 0 Å². The van der Waals surface area contributed by atoms with Gasteiger partial charge in [0.1, 0.15) is 0 Å². The fourth-order valence-electron chi connectivity index (χ4n) is 0.815. The molecule has 0 fully saturated rings. The van der Waals surface area contributed by atoms with Gasteiger partial charge >= 0.3 is 64.1 Å². The van der Waals surface area contributed by atoms with Crippen molar-refractivity contribution in [2.45, 2.75) is 33.1 Å². The van der Waals surface area contributed by atoms with Crippen LogP contribution in [-0.4, -0.2) is 13.9 Å². The second kappa shape index (κ2) is 6.76. The Kier molecular flexibility index (Phi) is 6.52. The summed E-state index contributed by atoms with van der Waals surface area (Å²) >= 11 is 0. The fourth-order valence-corrected chi connectivity index (χ4v) is 0.815. The van der Waals surface area contributed by atoms with E-state index in [0.717, 1.165) is 12.5 Å². The first-order valence-corrected chi connectivity index (χ1v) is 3.99. The van der Waals surface area contributed by atoms with E-state index in [-0.39, 0.29) is 0 Å². The summed E-state index contributed by atoms with van der Waals surface area (Å²) in [6, 6.07) is 0. The molecule has 0 saturated heterocycles. The van der Waals surface area contributed by atoms with E-state index < -0.39 is 0 Å². The van der Waals surface area contributed by atoms with E-state index in [1.165, 1.54) is 19.3 Å². The summed E-state index contributed by atoms with van der Waals surface area (Å²) in [7, 11) is 5.02. The predicted octanol–water partition coefficient (Wildman–Crippen LogP) is 1.49. The van der Waals surface area contributed by atoms with Crippen LogP contribution in [0.15, 0.2) is 0 Å². The molecule has 0 spiro atoms. The average Bonchev–Trinajstić information content (AvgIpc) is 1.98. The van der Waals surface area contributed by atoms with Crippen LogP contribution in [0.2, 0.25) is 0 Å². The molecule has 0 aliphatic carbocycles. The Morgan fingerprint density at radius 2 is 2.30 bits per heavy atom. The Labute approximate surface area is 65.0 Å². The van der Waals surface area contributed by atoms with E-state index >= 15 is 0 Å². The van der Waals surface area contributed by atoms with Gasteiger partial charge in [-0.1, -0.05) is 0 Å². The standard InChI is InChI=1S/C8H16BN/c1-3-8(2)5-4-6-10-7-9/h8,10H,3-6H2,1-2H3. The molecule has 0 saturated carbocycles. The molecule has 0 rings (SSSR count). The molecule has 56 valence electrons. The molecule has 0 aromatic carbocycles. The summed E-state index contributed by atoms with van der Waals surface area (Å²) in [5.74, 6) is 3.26. The van der Waals surface area contributed by atoms with Gasteiger partial charge in [0, 0.05) is 0 Å². The minimum absolute atomic E-state index is 0.847. The number of hydrogen-bond acceptors (Lipinski definition) is 1. The molecule has 1 unspecified atom stereocenters. The number of nitrogens with one attached hydrogen (secondary N) is 1. The third-order valence-corrected chi connectivity index (χ3v) is 1.80. The zero-order valence-electron chi connectivity index (χ0n) is 6.98. The number of rotatable bonds is 5. The van der Waals surface area contributed by atoms with E-state index in [1.54, 1.807) is 0 Å². The molecule has 0 radical (unpaired) electrons. The second-order valence-electron chi connectivity index (χ2n) is 2.73. The van der Waals surface area contributed by atoms with Crippen LogP contribution in [0.5, 0.6) is 0 Å². The molecule has 1 nitrogen and oxygen atoms in total. The first-order valence-electron chi connectivity index (χ1n) is 3.99. The summed E-state index contributed by atoms with van der Waals surface area (Å²) in [4.78, 5) is 0. The third kappa shape index (κ3) is 5.78. The second-order valence-corrected chi connectivity index (χ2v) is 2.73. The Morgan fingerprint density at radius 1 is 1.60 bits per heavy atom. The van der Waals surface area contributed by atoms with Crippen LogP contribution < -0.4 is 5.32 Å².